The molecule has 0 bridgehead atoms. The first-order valence-electron chi connectivity index (χ1n) is 6.18. The summed E-state index contributed by atoms with van der Waals surface area (Å²) in [6, 6.07) is 6.68. The van der Waals surface area contributed by atoms with Gasteiger partial charge in [0.05, 0.1) is 12.9 Å². The van der Waals surface area contributed by atoms with Crippen LogP contribution in [0.4, 0.5) is 0 Å². The fraction of sp³-hybridized carbons (Fsp3) is 0.500. The van der Waals surface area contributed by atoms with E-state index in [-0.39, 0.29) is 0 Å². The standard InChI is InChI=1S/C14H20N2/c1-3-12-6-5-7-13(4-2)14(12)10-16-9-8-15-11-16/h5-7,11H,3-4,8-10H2,1-2H3. The van der Waals surface area contributed by atoms with Gasteiger partial charge in [0.25, 0.3) is 0 Å². The molecule has 16 heavy (non-hydrogen) atoms. The van der Waals surface area contributed by atoms with Gasteiger partial charge in [-0.15, -0.1) is 0 Å². The van der Waals surface area contributed by atoms with Gasteiger partial charge in [-0.05, 0) is 29.5 Å². The molecule has 1 heterocycles. The molecule has 0 atom stereocenters. The van der Waals surface area contributed by atoms with Crippen LogP contribution < -0.4 is 0 Å². The molecule has 0 aromatic heterocycles. The Morgan fingerprint density at radius 3 is 2.38 bits per heavy atom. The molecule has 0 saturated carbocycles. The molecule has 2 nitrogen and oxygen atoms in total. The fourth-order valence-corrected chi connectivity index (χ4v) is 2.29. The summed E-state index contributed by atoms with van der Waals surface area (Å²) in [6.45, 7) is 7.51. The van der Waals surface area contributed by atoms with Crippen molar-refractivity contribution in [2.24, 2.45) is 4.99 Å². The third kappa shape index (κ3) is 2.26. The maximum absolute atomic E-state index is 4.27. The highest BCUT2D eigenvalue weighted by atomic mass is 15.2. The highest BCUT2D eigenvalue weighted by molar-refractivity contribution is 5.57. The number of aliphatic imine (C=N–C) groups is 1. The molecule has 1 aliphatic rings. The van der Waals surface area contributed by atoms with Crippen LogP contribution in [-0.4, -0.2) is 24.3 Å². The SMILES string of the molecule is CCc1cccc(CC)c1CN1C=NCC1. The van der Waals surface area contributed by atoms with E-state index in [1.54, 1.807) is 0 Å². The highest BCUT2D eigenvalue weighted by Gasteiger charge is 2.11. The summed E-state index contributed by atoms with van der Waals surface area (Å²) in [7, 11) is 0. The second-order valence-electron chi connectivity index (χ2n) is 4.25. The van der Waals surface area contributed by atoms with Crippen LogP contribution in [0.2, 0.25) is 0 Å². The highest BCUT2D eigenvalue weighted by Crippen LogP contribution is 2.18. The number of aryl methyl sites for hydroxylation is 2. The van der Waals surface area contributed by atoms with Gasteiger partial charge in [-0.3, -0.25) is 4.99 Å². The minimum absolute atomic E-state index is 0.954. The Morgan fingerprint density at radius 2 is 1.88 bits per heavy atom. The second kappa shape index (κ2) is 5.15. The fourth-order valence-electron chi connectivity index (χ4n) is 2.29. The van der Waals surface area contributed by atoms with Crippen molar-refractivity contribution in [1.29, 1.82) is 0 Å². The van der Waals surface area contributed by atoms with E-state index in [9.17, 15) is 0 Å². The maximum Gasteiger partial charge on any atom is 0.0854 e. The van der Waals surface area contributed by atoms with Crippen molar-refractivity contribution < 1.29 is 0 Å². The maximum atomic E-state index is 4.27. The molecule has 0 radical (unpaired) electrons. The van der Waals surface area contributed by atoms with Crippen LogP contribution in [0, 0.1) is 0 Å². The number of hydrogen-bond donors (Lipinski definition) is 0. The Morgan fingerprint density at radius 1 is 1.19 bits per heavy atom. The molecular weight excluding hydrogens is 196 g/mol. The van der Waals surface area contributed by atoms with E-state index >= 15 is 0 Å². The normalized spacial score (nSPS) is 14.8. The van der Waals surface area contributed by atoms with Crippen molar-refractivity contribution >= 4 is 6.34 Å². The molecular formula is C14H20N2. The van der Waals surface area contributed by atoms with Crippen molar-refractivity contribution in [3.05, 3.63) is 34.9 Å². The Labute approximate surface area is 98.0 Å². The molecule has 0 unspecified atom stereocenters. The summed E-state index contributed by atoms with van der Waals surface area (Å²) in [5.41, 5.74) is 4.49. The predicted molar refractivity (Wildman–Crippen MR) is 69.0 cm³/mol. The first-order chi connectivity index (χ1) is 7.85. The molecule has 1 aromatic rings. The summed E-state index contributed by atoms with van der Waals surface area (Å²) < 4.78 is 0. The third-order valence-corrected chi connectivity index (χ3v) is 3.25. The quantitative estimate of drug-likeness (QED) is 0.755. The van der Waals surface area contributed by atoms with Crippen LogP contribution in [0.3, 0.4) is 0 Å². The second-order valence-corrected chi connectivity index (χ2v) is 4.25. The zero-order valence-corrected chi connectivity index (χ0v) is 10.2. The Hall–Kier alpha value is -1.31. The lowest BCUT2D eigenvalue weighted by atomic mass is 9.97. The zero-order valence-electron chi connectivity index (χ0n) is 10.2. The van der Waals surface area contributed by atoms with Gasteiger partial charge in [0.1, 0.15) is 0 Å². The van der Waals surface area contributed by atoms with Crippen LogP contribution in [0.15, 0.2) is 23.2 Å². The summed E-state index contributed by atoms with van der Waals surface area (Å²) in [5.74, 6) is 0. The number of benzene rings is 1. The van der Waals surface area contributed by atoms with Gasteiger partial charge in [0.15, 0.2) is 0 Å². The first-order valence-corrected chi connectivity index (χ1v) is 6.18. The topological polar surface area (TPSA) is 15.6 Å². The Bertz CT molecular complexity index is 360. The molecule has 0 amide bonds. The largest absolute Gasteiger partial charge is 0.357 e. The molecule has 0 N–H and O–H groups in total. The Balaban J connectivity index is 2.25. The monoisotopic (exact) mass is 216 g/mol. The van der Waals surface area contributed by atoms with Gasteiger partial charge in [0.2, 0.25) is 0 Å². The summed E-state index contributed by atoms with van der Waals surface area (Å²) >= 11 is 0. The predicted octanol–water partition coefficient (Wildman–Crippen LogP) is 2.66. The smallest absolute Gasteiger partial charge is 0.0854 e. The van der Waals surface area contributed by atoms with Crippen molar-refractivity contribution in [3.63, 3.8) is 0 Å². The summed E-state index contributed by atoms with van der Waals surface area (Å²) in [4.78, 5) is 6.59. The van der Waals surface area contributed by atoms with E-state index in [1.165, 1.54) is 16.7 Å². The Kier molecular flexibility index (Phi) is 3.60. The van der Waals surface area contributed by atoms with Gasteiger partial charge in [0, 0.05) is 13.1 Å². The van der Waals surface area contributed by atoms with Crippen LogP contribution >= 0.6 is 0 Å². The zero-order chi connectivity index (χ0) is 11.4. The van der Waals surface area contributed by atoms with Crippen LogP contribution in [-0.2, 0) is 19.4 Å². The molecule has 1 aliphatic heterocycles. The van der Waals surface area contributed by atoms with Crippen LogP contribution in [0.5, 0.6) is 0 Å². The lowest BCUT2D eigenvalue weighted by molar-refractivity contribution is 0.459. The minimum Gasteiger partial charge on any atom is -0.357 e. The van der Waals surface area contributed by atoms with Crippen molar-refractivity contribution in [2.75, 3.05) is 13.1 Å². The minimum atomic E-state index is 0.954. The van der Waals surface area contributed by atoms with Gasteiger partial charge in [-0.2, -0.15) is 0 Å². The van der Waals surface area contributed by atoms with Crippen LogP contribution in [0.1, 0.15) is 30.5 Å². The molecule has 1 aromatic carbocycles. The van der Waals surface area contributed by atoms with Crippen molar-refractivity contribution in [3.8, 4) is 0 Å². The van der Waals surface area contributed by atoms with Crippen molar-refractivity contribution in [1.82, 2.24) is 4.90 Å². The summed E-state index contributed by atoms with van der Waals surface area (Å²) in [5, 5.41) is 0. The van der Waals surface area contributed by atoms with Gasteiger partial charge >= 0.3 is 0 Å². The lowest BCUT2D eigenvalue weighted by Gasteiger charge is -2.19. The first kappa shape index (κ1) is 11.2. The van der Waals surface area contributed by atoms with E-state index in [0.29, 0.717) is 0 Å². The van der Waals surface area contributed by atoms with Crippen LogP contribution in [0.25, 0.3) is 0 Å². The molecule has 0 saturated heterocycles. The number of hydrogen-bond acceptors (Lipinski definition) is 2. The van der Waals surface area contributed by atoms with E-state index in [0.717, 1.165) is 32.5 Å². The molecule has 0 spiro atoms. The molecule has 0 aliphatic carbocycles. The lowest BCUT2D eigenvalue weighted by Crippen LogP contribution is -2.20. The number of nitrogens with zero attached hydrogens (tertiary/aromatic N) is 2. The summed E-state index contributed by atoms with van der Waals surface area (Å²) in [6.07, 6.45) is 4.23. The van der Waals surface area contributed by atoms with Crippen molar-refractivity contribution in [2.45, 2.75) is 33.2 Å². The third-order valence-electron chi connectivity index (χ3n) is 3.25. The van der Waals surface area contributed by atoms with Gasteiger partial charge in [-0.25, -0.2) is 0 Å². The molecule has 2 heteroatoms. The molecule has 2 rings (SSSR count). The van der Waals surface area contributed by atoms with E-state index < -0.39 is 0 Å². The molecule has 0 fully saturated rings. The molecule has 86 valence electrons. The number of rotatable bonds is 4. The van der Waals surface area contributed by atoms with E-state index in [2.05, 4.69) is 41.9 Å². The van der Waals surface area contributed by atoms with E-state index in [1.807, 2.05) is 6.34 Å². The average Bonchev–Trinajstić information content (AvgIpc) is 2.82. The average molecular weight is 216 g/mol. The van der Waals surface area contributed by atoms with Gasteiger partial charge < -0.3 is 4.90 Å². The van der Waals surface area contributed by atoms with E-state index in [4.69, 9.17) is 0 Å². The van der Waals surface area contributed by atoms with Gasteiger partial charge in [-0.1, -0.05) is 32.0 Å².